The van der Waals surface area contributed by atoms with Gasteiger partial charge in [0.15, 0.2) is 0 Å². The maximum absolute atomic E-state index is 13.7. The zero-order valence-corrected chi connectivity index (χ0v) is 20.5. The average molecular weight is 480 g/mol. The summed E-state index contributed by atoms with van der Waals surface area (Å²) in [5, 5.41) is 4.37. The molecule has 7 heteroatoms. The number of carbonyl (C=O) groups excluding carboxylic acids is 2. The molecule has 1 unspecified atom stereocenters. The summed E-state index contributed by atoms with van der Waals surface area (Å²) in [6.45, 7) is 7.00. The van der Waals surface area contributed by atoms with Gasteiger partial charge >= 0.3 is 0 Å². The molecule has 1 aliphatic heterocycles. The van der Waals surface area contributed by atoms with E-state index in [1.165, 1.54) is 0 Å². The van der Waals surface area contributed by atoms with Crippen molar-refractivity contribution in [2.75, 3.05) is 13.1 Å². The summed E-state index contributed by atoms with van der Waals surface area (Å²) in [5.74, 6) is 0.700. The molecule has 1 aromatic heterocycles. The van der Waals surface area contributed by atoms with E-state index in [2.05, 4.69) is 16.4 Å². The molecule has 2 aliphatic rings. The maximum Gasteiger partial charge on any atom is 0.274 e. The third kappa shape index (κ3) is 4.18. The number of nitrogens with one attached hydrogen (secondary N) is 1. The van der Waals surface area contributed by atoms with Crippen molar-refractivity contribution in [2.45, 2.75) is 33.2 Å². The van der Waals surface area contributed by atoms with E-state index in [9.17, 15) is 9.59 Å². The molecular weight excluding hydrogens is 454 g/mol. The van der Waals surface area contributed by atoms with Crippen molar-refractivity contribution in [1.29, 1.82) is 0 Å². The molecule has 1 N–H and O–H groups in total. The molecule has 2 aromatic carbocycles. The third-order valence-electron chi connectivity index (χ3n) is 6.69. The number of halogens is 1. The highest BCUT2D eigenvalue weighted by Crippen LogP contribution is 2.50. The Morgan fingerprint density at radius 3 is 2.76 bits per heavy atom. The van der Waals surface area contributed by atoms with E-state index in [1.54, 1.807) is 17.4 Å². The summed E-state index contributed by atoms with van der Waals surface area (Å²) in [6, 6.07) is 13.6. The Kier molecular flexibility index (Phi) is 5.75. The Labute approximate surface area is 202 Å². The van der Waals surface area contributed by atoms with Gasteiger partial charge in [-0.3, -0.25) is 9.59 Å². The SMILES string of the molecule is Cc1cccc(-c2sc(C)nc2C(=O)N2C[C@@H]3CC3[C@H]2CNC(=O)c2cccc(C)c2Cl)c1. The summed E-state index contributed by atoms with van der Waals surface area (Å²) >= 11 is 7.89. The number of fused-ring (bicyclic) bond motifs is 1. The minimum Gasteiger partial charge on any atom is -0.350 e. The Morgan fingerprint density at radius 2 is 1.97 bits per heavy atom. The Balaban J connectivity index is 1.36. The monoisotopic (exact) mass is 479 g/mol. The number of hydrogen-bond acceptors (Lipinski definition) is 4. The molecule has 1 saturated carbocycles. The molecule has 3 aromatic rings. The smallest absolute Gasteiger partial charge is 0.274 e. The van der Waals surface area contributed by atoms with Crippen LogP contribution in [0.4, 0.5) is 0 Å². The Morgan fingerprint density at radius 1 is 1.18 bits per heavy atom. The second-order valence-corrected chi connectivity index (χ2v) is 10.7. The standard InChI is InChI=1S/C26H26ClN3O2S/c1-14-6-4-8-17(10-14)24-23(29-16(3)33-24)26(32)30-13-18-11-20(18)21(30)12-28-25(31)19-9-5-7-15(2)22(19)27/h4-10,18,20-21H,11-13H2,1-3H3,(H,28,31)/t18-,20?,21+/m0/s1. The van der Waals surface area contributed by atoms with Gasteiger partial charge in [-0.25, -0.2) is 4.98 Å². The predicted octanol–water partition coefficient (Wildman–Crippen LogP) is 5.28. The highest BCUT2D eigenvalue weighted by Gasteiger charge is 2.54. The lowest BCUT2D eigenvalue weighted by molar-refractivity contribution is 0.0690. The van der Waals surface area contributed by atoms with Crippen LogP contribution in [-0.2, 0) is 0 Å². The quantitative estimate of drug-likeness (QED) is 0.541. The lowest BCUT2D eigenvalue weighted by atomic mass is 10.1. The van der Waals surface area contributed by atoms with E-state index < -0.39 is 0 Å². The normalized spacial score (nSPS) is 21.1. The van der Waals surface area contributed by atoms with Gasteiger partial charge in [0.1, 0.15) is 5.69 Å². The molecule has 2 fully saturated rings. The second-order valence-electron chi connectivity index (χ2n) is 9.11. The molecule has 3 atom stereocenters. The first-order chi connectivity index (χ1) is 15.8. The van der Waals surface area contributed by atoms with Gasteiger partial charge in [-0.2, -0.15) is 0 Å². The number of likely N-dealkylation sites (tertiary alicyclic amines) is 1. The molecule has 5 nitrogen and oxygen atoms in total. The van der Waals surface area contributed by atoms with Crippen LogP contribution in [0, 0.1) is 32.6 Å². The van der Waals surface area contributed by atoms with Gasteiger partial charge in [-0.1, -0.05) is 53.6 Å². The summed E-state index contributed by atoms with van der Waals surface area (Å²) < 4.78 is 0. The van der Waals surface area contributed by atoms with E-state index in [0.717, 1.165) is 39.5 Å². The zero-order valence-electron chi connectivity index (χ0n) is 18.9. The van der Waals surface area contributed by atoms with Gasteiger partial charge in [0.2, 0.25) is 0 Å². The van der Waals surface area contributed by atoms with Gasteiger partial charge in [-0.15, -0.1) is 11.3 Å². The number of amides is 2. The molecule has 0 bridgehead atoms. The van der Waals surface area contributed by atoms with Crippen molar-refractivity contribution in [2.24, 2.45) is 11.8 Å². The molecule has 0 spiro atoms. The van der Waals surface area contributed by atoms with Crippen LogP contribution >= 0.6 is 22.9 Å². The maximum atomic E-state index is 13.7. The van der Waals surface area contributed by atoms with Gasteiger partial charge in [-0.05, 0) is 56.2 Å². The largest absolute Gasteiger partial charge is 0.350 e. The highest BCUT2D eigenvalue weighted by atomic mass is 35.5. The van der Waals surface area contributed by atoms with E-state index in [0.29, 0.717) is 34.7 Å². The van der Waals surface area contributed by atoms with Crippen LogP contribution in [0.3, 0.4) is 0 Å². The molecular formula is C26H26ClN3O2S. The van der Waals surface area contributed by atoms with Crippen molar-refractivity contribution in [3.05, 3.63) is 74.9 Å². The molecule has 0 radical (unpaired) electrons. The third-order valence-corrected chi connectivity index (χ3v) is 8.21. The highest BCUT2D eigenvalue weighted by molar-refractivity contribution is 7.15. The number of nitrogens with zero attached hydrogens (tertiary/aromatic N) is 2. The number of carbonyl (C=O) groups is 2. The van der Waals surface area contributed by atoms with Crippen molar-refractivity contribution in [3.63, 3.8) is 0 Å². The number of rotatable bonds is 5. The topological polar surface area (TPSA) is 62.3 Å². The fourth-order valence-electron chi connectivity index (χ4n) is 4.87. The average Bonchev–Trinajstić information content (AvgIpc) is 3.30. The van der Waals surface area contributed by atoms with Gasteiger partial charge < -0.3 is 10.2 Å². The number of hydrogen-bond donors (Lipinski definition) is 1. The van der Waals surface area contributed by atoms with E-state index in [-0.39, 0.29) is 17.9 Å². The molecule has 33 heavy (non-hydrogen) atoms. The van der Waals surface area contributed by atoms with Crippen molar-refractivity contribution < 1.29 is 9.59 Å². The fraction of sp³-hybridized carbons (Fsp3) is 0.346. The van der Waals surface area contributed by atoms with Crippen LogP contribution in [-0.4, -0.2) is 40.8 Å². The number of aryl methyl sites for hydroxylation is 3. The summed E-state index contributed by atoms with van der Waals surface area (Å²) in [7, 11) is 0. The van der Waals surface area contributed by atoms with Crippen LogP contribution in [0.2, 0.25) is 5.02 Å². The lowest BCUT2D eigenvalue weighted by Crippen LogP contribution is -2.45. The minimum atomic E-state index is -0.204. The zero-order chi connectivity index (χ0) is 23.3. The molecule has 2 heterocycles. The second kappa shape index (κ2) is 8.58. The number of benzene rings is 2. The first-order valence-corrected chi connectivity index (χ1v) is 12.4. The van der Waals surface area contributed by atoms with Crippen LogP contribution < -0.4 is 5.32 Å². The molecule has 1 saturated heterocycles. The van der Waals surface area contributed by atoms with Crippen molar-refractivity contribution in [3.8, 4) is 10.4 Å². The predicted molar refractivity (Wildman–Crippen MR) is 132 cm³/mol. The summed E-state index contributed by atoms with van der Waals surface area (Å²) in [5.41, 5.74) is 4.02. The van der Waals surface area contributed by atoms with Crippen LogP contribution in [0.15, 0.2) is 42.5 Å². The molecule has 1 aliphatic carbocycles. The number of thiazole rings is 1. The minimum absolute atomic E-state index is 0.0256. The van der Waals surface area contributed by atoms with E-state index >= 15 is 0 Å². The van der Waals surface area contributed by atoms with Crippen molar-refractivity contribution in [1.82, 2.24) is 15.2 Å². The molecule has 2 amide bonds. The van der Waals surface area contributed by atoms with Gasteiger partial charge in [0.25, 0.3) is 11.8 Å². The first kappa shape index (κ1) is 22.1. The fourth-order valence-corrected chi connectivity index (χ4v) is 5.99. The number of piperidine rings is 1. The summed E-state index contributed by atoms with van der Waals surface area (Å²) in [6.07, 6.45) is 1.11. The van der Waals surface area contributed by atoms with Gasteiger partial charge in [0.05, 0.1) is 26.5 Å². The Hall–Kier alpha value is -2.70. The Bertz CT molecular complexity index is 1250. The summed E-state index contributed by atoms with van der Waals surface area (Å²) in [4.78, 5) is 33.9. The molecule has 170 valence electrons. The van der Waals surface area contributed by atoms with Crippen molar-refractivity contribution >= 4 is 34.8 Å². The first-order valence-electron chi connectivity index (χ1n) is 11.2. The molecule has 5 rings (SSSR count). The van der Waals surface area contributed by atoms with Gasteiger partial charge in [0, 0.05) is 13.1 Å². The van der Waals surface area contributed by atoms with Crippen LogP contribution in [0.25, 0.3) is 10.4 Å². The lowest BCUT2D eigenvalue weighted by Gasteiger charge is -2.27. The van der Waals surface area contributed by atoms with E-state index in [4.69, 9.17) is 11.6 Å². The van der Waals surface area contributed by atoms with E-state index in [1.807, 2.05) is 56.0 Å². The number of aromatic nitrogens is 1. The van der Waals surface area contributed by atoms with Crippen LogP contribution in [0.1, 0.15) is 43.4 Å². The van der Waals surface area contributed by atoms with Crippen LogP contribution in [0.5, 0.6) is 0 Å².